The molecular formula is C23H21FN4O. The molecule has 146 valence electrons. The van der Waals surface area contributed by atoms with E-state index in [1.54, 1.807) is 12.1 Å². The first-order valence-electron chi connectivity index (χ1n) is 9.74. The Morgan fingerprint density at radius 3 is 2.83 bits per heavy atom. The largest absolute Gasteiger partial charge is 0.369 e. The zero-order valence-corrected chi connectivity index (χ0v) is 15.9. The number of para-hydroxylation sites is 1. The molecule has 0 radical (unpaired) electrons. The summed E-state index contributed by atoms with van der Waals surface area (Å²) < 4.78 is 19.7. The Balaban J connectivity index is 1.53. The number of halogens is 1. The summed E-state index contributed by atoms with van der Waals surface area (Å²) >= 11 is 0. The monoisotopic (exact) mass is 388 g/mol. The summed E-state index contributed by atoms with van der Waals surface area (Å²) in [6.07, 6.45) is 3.71. The van der Waals surface area contributed by atoms with Crippen molar-refractivity contribution in [2.24, 2.45) is 4.99 Å². The number of ether oxygens (including phenoxy) is 1. The third-order valence-corrected chi connectivity index (χ3v) is 5.27. The maximum absolute atomic E-state index is 13.9. The molecule has 0 spiro atoms. The number of aromatic nitrogens is 1. The van der Waals surface area contributed by atoms with Gasteiger partial charge in [0.1, 0.15) is 18.6 Å². The van der Waals surface area contributed by atoms with Crippen LogP contribution in [0.1, 0.15) is 17.4 Å². The van der Waals surface area contributed by atoms with E-state index in [-0.39, 0.29) is 11.9 Å². The van der Waals surface area contributed by atoms with Gasteiger partial charge in [-0.3, -0.25) is 9.98 Å². The van der Waals surface area contributed by atoms with Crippen LogP contribution >= 0.6 is 0 Å². The molecule has 1 aromatic heterocycles. The summed E-state index contributed by atoms with van der Waals surface area (Å²) in [6.45, 7) is 2.83. The summed E-state index contributed by atoms with van der Waals surface area (Å²) in [6, 6.07) is 16.8. The zero-order chi connectivity index (χ0) is 19.6. The molecule has 1 saturated heterocycles. The van der Waals surface area contributed by atoms with Crippen LogP contribution in [0.25, 0.3) is 11.1 Å². The molecule has 1 unspecified atom stereocenters. The van der Waals surface area contributed by atoms with Gasteiger partial charge in [0, 0.05) is 30.4 Å². The first-order valence-corrected chi connectivity index (χ1v) is 9.74. The van der Waals surface area contributed by atoms with Crippen LogP contribution < -0.4 is 10.2 Å². The number of hydrogen-bond acceptors (Lipinski definition) is 5. The lowest BCUT2D eigenvalue weighted by Crippen LogP contribution is -2.33. The first-order chi connectivity index (χ1) is 14.3. The Labute approximate surface area is 168 Å². The number of aliphatic imine (C=N–C) groups is 1. The Bertz CT molecular complexity index is 1040. The van der Waals surface area contributed by atoms with Crippen LogP contribution in [0.5, 0.6) is 0 Å². The number of pyridine rings is 1. The maximum atomic E-state index is 13.9. The number of rotatable bonds is 3. The van der Waals surface area contributed by atoms with Gasteiger partial charge >= 0.3 is 0 Å². The van der Waals surface area contributed by atoms with Crippen molar-refractivity contribution < 1.29 is 9.13 Å². The average molecular weight is 388 g/mol. The van der Waals surface area contributed by atoms with Crippen molar-refractivity contribution in [2.75, 3.05) is 31.3 Å². The number of nitrogens with one attached hydrogen (secondary N) is 1. The highest BCUT2D eigenvalue weighted by Gasteiger charge is 2.22. The molecule has 2 aliphatic heterocycles. The fraction of sp³-hybridized carbons (Fsp3) is 0.217. The van der Waals surface area contributed by atoms with Crippen LogP contribution in [0.3, 0.4) is 0 Å². The van der Waals surface area contributed by atoms with Crippen molar-refractivity contribution in [3.8, 4) is 11.1 Å². The van der Waals surface area contributed by atoms with Gasteiger partial charge in [0.2, 0.25) is 0 Å². The Morgan fingerprint density at radius 1 is 1.10 bits per heavy atom. The van der Waals surface area contributed by atoms with E-state index in [4.69, 9.17) is 4.74 Å². The summed E-state index contributed by atoms with van der Waals surface area (Å²) in [7, 11) is 0. The quantitative estimate of drug-likeness (QED) is 0.735. The van der Waals surface area contributed by atoms with Gasteiger partial charge in [0.25, 0.3) is 0 Å². The van der Waals surface area contributed by atoms with Crippen molar-refractivity contribution in [3.63, 3.8) is 0 Å². The Hall–Kier alpha value is -3.09. The van der Waals surface area contributed by atoms with E-state index < -0.39 is 0 Å². The molecule has 5 rings (SSSR count). The van der Waals surface area contributed by atoms with Crippen LogP contribution in [-0.2, 0) is 4.74 Å². The van der Waals surface area contributed by atoms with E-state index in [1.165, 1.54) is 6.07 Å². The van der Waals surface area contributed by atoms with E-state index in [0.717, 1.165) is 46.8 Å². The van der Waals surface area contributed by atoms with E-state index in [2.05, 4.69) is 20.2 Å². The van der Waals surface area contributed by atoms with Crippen molar-refractivity contribution in [1.29, 1.82) is 0 Å². The lowest BCUT2D eigenvalue weighted by molar-refractivity contribution is 0.0250. The van der Waals surface area contributed by atoms with Crippen LogP contribution in [0.15, 0.2) is 65.8 Å². The third-order valence-electron chi connectivity index (χ3n) is 5.27. The van der Waals surface area contributed by atoms with Crippen LogP contribution in [-0.4, -0.2) is 37.6 Å². The fourth-order valence-electron chi connectivity index (χ4n) is 3.86. The molecule has 0 bridgehead atoms. The third kappa shape index (κ3) is 3.52. The first kappa shape index (κ1) is 18.0. The Morgan fingerprint density at radius 2 is 2.03 bits per heavy atom. The molecule has 1 atom stereocenters. The van der Waals surface area contributed by atoms with Crippen LogP contribution in [0, 0.1) is 5.82 Å². The van der Waals surface area contributed by atoms with Gasteiger partial charge < -0.3 is 15.0 Å². The van der Waals surface area contributed by atoms with Gasteiger partial charge in [-0.15, -0.1) is 0 Å². The number of nitrogens with zero attached hydrogens (tertiary/aromatic N) is 3. The minimum Gasteiger partial charge on any atom is -0.369 e. The van der Waals surface area contributed by atoms with Crippen LogP contribution in [0.4, 0.5) is 15.8 Å². The molecule has 2 aliphatic rings. The van der Waals surface area contributed by atoms with Gasteiger partial charge in [-0.2, -0.15) is 0 Å². The highest BCUT2D eigenvalue weighted by atomic mass is 19.1. The van der Waals surface area contributed by atoms with Gasteiger partial charge in [-0.25, -0.2) is 4.39 Å². The molecule has 0 aliphatic carbocycles. The molecular weight excluding hydrogens is 367 g/mol. The summed E-state index contributed by atoms with van der Waals surface area (Å²) in [5.74, 6) is -0.247. The molecule has 3 aromatic rings. The lowest BCUT2D eigenvalue weighted by atomic mass is 9.98. The predicted molar refractivity (Wildman–Crippen MR) is 112 cm³/mol. The standard InChI is InChI=1S/C23H21FN4O/c24-18-5-1-3-16(11-18)20-6-2-4-17-12-26-15-28(23(17)20)19-7-8-21(27-13-19)22-14-25-9-10-29-22/h1-8,11-13,22,25H,9-10,14-15H2. The zero-order valence-electron chi connectivity index (χ0n) is 15.9. The molecule has 1 fully saturated rings. The van der Waals surface area contributed by atoms with Crippen LogP contribution in [0.2, 0.25) is 0 Å². The van der Waals surface area contributed by atoms with Crippen molar-refractivity contribution >= 4 is 17.6 Å². The molecule has 2 aromatic carbocycles. The summed E-state index contributed by atoms with van der Waals surface area (Å²) in [5, 5.41) is 3.33. The SMILES string of the molecule is Fc1cccc(-c2cccc3c2N(c2ccc(C4CNCCO4)nc2)CN=C3)c1. The molecule has 5 nitrogen and oxygen atoms in total. The molecule has 6 heteroatoms. The van der Waals surface area contributed by atoms with Gasteiger partial charge in [0.05, 0.1) is 29.9 Å². The molecule has 1 N–H and O–H groups in total. The second kappa shape index (κ2) is 7.73. The molecule has 29 heavy (non-hydrogen) atoms. The van der Waals surface area contributed by atoms with E-state index >= 15 is 0 Å². The number of hydrogen-bond donors (Lipinski definition) is 1. The van der Waals surface area contributed by atoms with Crippen molar-refractivity contribution in [2.45, 2.75) is 6.10 Å². The molecule has 0 amide bonds. The smallest absolute Gasteiger partial charge is 0.123 e. The van der Waals surface area contributed by atoms with Gasteiger partial charge in [0.15, 0.2) is 0 Å². The number of benzene rings is 2. The minimum absolute atomic E-state index is 0.0210. The van der Waals surface area contributed by atoms with E-state index in [0.29, 0.717) is 13.3 Å². The normalized spacial score (nSPS) is 18.5. The summed E-state index contributed by atoms with van der Waals surface area (Å²) in [4.78, 5) is 11.3. The fourth-order valence-corrected chi connectivity index (χ4v) is 3.86. The number of morpholine rings is 1. The second-order valence-electron chi connectivity index (χ2n) is 7.14. The lowest BCUT2D eigenvalue weighted by Gasteiger charge is -2.30. The number of fused-ring (bicyclic) bond motifs is 1. The van der Waals surface area contributed by atoms with E-state index in [1.807, 2.05) is 48.8 Å². The Kier molecular flexibility index (Phi) is 4.79. The minimum atomic E-state index is -0.247. The topological polar surface area (TPSA) is 49.8 Å². The second-order valence-corrected chi connectivity index (χ2v) is 7.14. The van der Waals surface area contributed by atoms with Crippen molar-refractivity contribution in [1.82, 2.24) is 10.3 Å². The van der Waals surface area contributed by atoms with Gasteiger partial charge in [-0.05, 0) is 29.8 Å². The molecule has 0 saturated carbocycles. The highest BCUT2D eigenvalue weighted by molar-refractivity contribution is 5.98. The highest BCUT2D eigenvalue weighted by Crippen LogP contribution is 2.39. The molecule has 3 heterocycles. The van der Waals surface area contributed by atoms with Gasteiger partial charge in [-0.1, -0.05) is 30.3 Å². The predicted octanol–water partition coefficient (Wildman–Crippen LogP) is 4.08. The average Bonchev–Trinajstić information content (AvgIpc) is 2.79. The van der Waals surface area contributed by atoms with Crippen molar-refractivity contribution in [3.05, 3.63) is 77.9 Å². The van der Waals surface area contributed by atoms with E-state index in [9.17, 15) is 4.39 Å². The summed E-state index contributed by atoms with van der Waals surface area (Å²) in [5.41, 5.74) is 5.69. The number of anilines is 2. The maximum Gasteiger partial charge on any atom is 0.123 e.